The molecule has 0 spiro atoms. The molecule has 0 aliphatic carbocycles. The van der Waals surface area contributed by atoms with Crippen molar-refractivity contribution in [2.45, 2.75) is 0 Å². The normalized spacial score (nSPS) is 15.0. The van der Waals surface area contributed by atoms with Crippen LogP contribution in [0.1, 0.15) is 16.1 Å². The lowest BCUT2D eigenvalue weighted by atomic mass is 10.1. The van der Waals surface area contributed by atoms with Gasteiger partial charge in [-0.1, -0.05) is 36.4 Å². The molecular formula is C18H17N3O2. The molecule has 1 aliphatic heterocycles. The minimum absolute atomic E-state index is 0.00853. The molecule has 0 radical (unpaired) electrons. The third-order valence-corrected chi connectivity index (χ3v) is 4.07. The van der Waals surface area contributed by atoms with Gasteiger partial charge in [0.15, 0.2) is 5.82 Å². The van der Waals surface area contributed by atoms with Crippen molar-refractivity contribution in [2.75, 3.05) is 31.2 Å². The SMILES string of the molecule is O=C(c1ccccc1)c1c(N2CCOCC2)nc2ccccn12. The number of fused-ring (bicyclic) bond motifs is 1. The van der Waals surface area contributed by atoms with Crippen LogP contribution in [0.2, 0.25) is 0 Å². The smallest absolute Gasteiger partial charge is 0.213 e. The van der Waals surface area contributed by atoms with Crippen LogP contribution in [-0.2, 0) is 4.74 Å². The van der Waals surface area contributed by atoms with Gasteiger partial charge in [0.1, 0.15) is 11.3 Å². The van der Waals surface area contributed by atoms with E-state index >= 15 is 0 Å². The summed E-state index contributed by atoms with van der Waals surface area (Å²) in [7, 11) is 0. The number of pyridine rings is 1. The van der Waals surface area contributed by atoms with Crippen LogP contribution in [0.5, 0.6) is 0 Å². The van der Waals surface area contributed by atoms with Crippen LogP contribution in [0.3, 0.4) is 0 Å². The van der Waals surface area contributed by atoms with Gasteiger partial charge >= 0.3 is 0 Å². The molecule has 0 atom stereocenters. The first-order chi connectivity index (χ1) is 11.3. The summed E-state index contributed by atoms with van der Waals surface area (Å²) in [6.07, 6.45) is 1.89. The zero-order valence-corrected chi connectivity index (χ0v) is 12.7. The van der Waals surface area contributed by atoms with Gasteiger partial charge in [-0.15, -0.1) is 0 Å². The third kappa shape index (κ3) is 2.49. The molecule has 1 aromatic carbocycles. The van der Waals surface area contributed by atoms with Crippen LogP contribution < -0.4 is 4.90 Å². The molecule has 0 amide bonds. The Labute approximate surface area is 134 Å². The van der Waals surface area contributed by atoms with Crippen molar-refractivity contribution in [3.8, 4) is 0 Å². The average Bonchev–Trinajstić information content (AvgIpc) is 3.02. The Morgan fingerprint density at radius 3 is 2.52 bits per heavy atom. The van der Waals surface area contributed by atoms with Gasteiger partial charge in [-0.2, -0.15) is 0 Å². The third-order valence-electron chi connectivity index (χ3n) is 4.07. The molecular weight excluding hydrogens is 290 g/mol. The average molecular weight is 307 g/mol. The molecule has 0 unspecified atom stereocenters. The van der Waals surface area contributed by atoms with Gasteiger partial charge in [0.25, 0.3) is 0 Å². The van der Waals surface area contributed by atoms with E-state index in [1.165, 1.54) is 0 Å². The summed E-state index contributed by atoms with van der Waals surface area (Å²) in [5.74, 6) is 0.735. The lowest BCUT2D eigenvalue weighted by Gasteiger charge is -2.27. The Kier molecular flexibility index (Phi) is 3.55. The highest BCUT2D eigenvalue weighted by Crippen LogP contribution is 2.25. The summed E-state index contributed by atoms with van der Waals surface area (Å²) >= 11 is 0. The number of aromatic nitrogens is 2. The Morgan fingerprint density at radius 1 is 1.00 bits per heavy atom. The van der Waals surface area contributed by atoms with Gasteiger partial charge in [0, 0.05) is 24.8 Å². The number of benzene rings is 1. The van der Waals surface area contributed by atoms with Gasteiger partial charge in [0.05, 0.1) is 13.2 Å². The fraction of sp³-hybridized carbons (Fsp3) is 0.222. The number of hydrogen-bond acceptors (Lipinski definition) is 4. The highest BCUT2D eigenvalue weighted by Gasteiger charge is 2.25. The quantitative estimate of drug-likeness (QED) is 0.697. The van der Waals surface area contributed by atoms with Gasteiger partial charge in [0.2, 0.25) is 5.78 Å². The summed E-state index contributed by atoms with van der Waals surface area (Å²) in [5, 5.41) is 0. The van der Waals surface area contributed by atoms with Crippen LogP contribution in [-0.4, -0.2) is 41.5 Å². The maximum atomic E-state index is 13.1. The number of anilines is 1. The Balaban J connectivity index is 1.87. The van der Waals surface area contributed by atoms with Crippen molar-refractivity contribution in [2.24, 2.45) is 0 Å². The molecule has 0 N–H and O–H groups in total. The number of rotatable bonds is 3. The van der Waals surface area contributed by atoms with Gasteiger partial charge in [-0.25, -0.2) is 4.98 Å². The molecule has 1 aliphatic rings. The topological polar surface area (TPSA) is 46.8 Å². The fourth-order valence-corrected chi connectivity index (χ4v) is 2.92. The number of hydrogen-bond donors (Lipinski definition) is 0. The maximum absolute atomic E-state index is 13.1. The van der Waals surface area contributed by atoms with Gasteiger partial charge in [-0.3, -0.25) is 9.20 Å². The molecule has 4 rings (SSSR count). The minimum atomic E-state index is -0.00853. The first-order valence-corrected chi connectivity index (χ1v) is 7.74. The van der Waals surface area contributed by atoms with E-state index in [9.17, 15) is 4.79 Å². The Bertz CT molecular complexity index is 836. The minimum Gasteiger partial charge on any atom is -0.378 e. The molecule has 5 heteroatoms. The predicted octanol–water partition coefficient (Wildman–Crippen LogP) is 2.40. The molecule has 1 fully saturated rings. The summed E-state index contributed by atoms with van der Waals surface area (Å²) in [6.45, 7) is 2.82. The van der Waals surface area contributed by atoms with Crippen molar-refractivity contribution in [3.63, 3.8) is 0 Å². The number of ether oxygens (including phenoxy) is 1. The lowest BCUT2D eigenvalue weighted by Crippen LogP contribution is -2.37. The molecule has 23 heavy (non-hydrogen) atoms. The van der Waals surface area contributed by atoms with Crippen molar-refractivity contribution < 1.29 is 9.53 Å². The monoisotopic (exact) mass is 307 g/mol. The Hall–Kier alpha value is -2.66. The standard InChI is InChI=1S/C18H17N3O2/c22-17(14-6-2-1-3-7-14)16-18(20-10-12-23-13-11-20)19-15-8-4-5-9-21(15)16/h1-9H,10-13H2. The van der Waals surface area contributed by atoms with E-state index in [1.54, 1.807) is 0 Å². The van der Waals surface area contributed by atoms with E-state index in [4.69, 9.17) is 9.72 Å². The highest BCUT2D eigenvalue weighted by atomic mass is 16.5. The highest BCUT2D eigenvalue weighted by molar-refractivity contribution is 6.11. The van der Waals surface area contributed by atoms with Crippen LogP contribution in [0, 0.1) is 0 Å². The maximum Gasteiger partial charge on any atom is 0.213 e. The van der Waals surface area contributed by atoms with Crippen LogP contribution in [0.25, 0.3) is 5.65 Å². The van der Waals surface area contributed by atoms with Crippen LogP contribution in [0.15, 0.2) is 54.7 Å². The zero-order chi connectivity index (χ0) is 15.6. The molecule has 3 aromatic rings. The predicted molar refractivity (Wildman–Crippen MR) is 88.1 cm³/mol. The first-order valence-electron chi connectivity index (χ1n) is 7.74. The summed E-state index contributed by atoms with van der Waals surface area (Å²) < 4.78 is 7.29. The van der Waals surface area contributed by atoms with Crippen molar-refractivity contribution in [3.05, 3.63) is 66.0 Å². The number of carbonyl (C=O) groups excluding carboxylic acids is 1. The number of ketones is 1. The second-order valence-electron chi connectivity index (χ2n) is 5.51. The molecule has 5 nitrogen and oxygen atoms in total. The van der Waals surface area contributed by atoms with Gasteiger partial charge < -0.3 is 9.64 Å². The van der Waals surface area contributed by atoms with Crippen molar-refractivity contribution >= 4 is 17.2 Å². The largest absolute Gasteiger partial charge is 0.378 e. The molecule has 0 bridgehead atoms. The lowest BCUT2D eigenvalue weighted by molar-refractivity contribution is 0.103. The second-order valence-corrected chi connectivity index (χ2v) is 5.51. The van der Waals surface area contributed by atoms with E-state index < -0.39 is 0 Å². The zero-order valence-electron chi connectivity index (χ0n) is 12.7. The van der Waals surface area contributed by atoms with E-state index in [-0.39, 0.29) is 5.78 Å². The van der Waals surface area contributed by atoms with Crippen LogP contribution >= 0.6 is 0 Å². The first kappa shape index (κ1) is 14.0. The van der Waals surface area contributed by atoms with Crippen molar-refractivity contribution in [1.29, 1.82) is 0 Å². The second kappa shape index (κ2) is 5.85. The number of nitrogens with zero attached hydrogens (tertiary/aromatic N) is 3. The molecule has 1 saturated heterocycles. The molecule has 0 saturated carbocycles. The summed E-state index contributed by atoms with van der Waals surface area (Å²) in [5.41, 5.74) is 2.08. The number of imidazole rings is 1. The van der Waals surface area contributed by atoms with E-state index in [2.05, 4.69) is 4.90 Å². The van der Waals surface area contributed by atoms with Gasteiger partial charge in [-0.05, 0) is 12.1 Å². The molecule has 2 aromatic heterocycles. The van der Waals surface area contributed by atoms with E-state index in [0.29, 0.717) is 24.5 Å². The molecule has 116 valence electrons. The molecule has 3 heterocycles. The fourth-order valence-electron chi connectivity index (χ4n) is 2.92. The van der Waals surface area contributed by atoms with Crippen LogP contribution in [0.4, 0.5) is 5.82 Å². The van der Waals surface area contributed by atoms with Crippen molar-refractivity contribution in [1.82, 2.24) is 9.38 Å². The van der Waals surface area contributed by atoms with E-state index in [1.807, 2.05) is 59.1 Å². The number of morpholine rings is 1. The Morgan fingerprint density at radius 2 is 1.74 bits per heavy atom. The summed E-state index contributed by atoms with van der Waals surface area (Å²) in [4.78, 5) is 19.9. The summed E-state index contributed by atoms with van der Waals surface area (Å²) in [6, 6.07) is 15.1. The number of carbonyl (C=O) groups is 1. The van der Waals surface area contributed by atoms with E-state index in [0.717, 1.165) is 24.6 Å².